The highest BCUT2D eigenvalue weighted by atomic mass is 19.1. The SMILES string of the molecule is CCC(N[C@H](C)c1ccc(F)cc1)c1ccco1. The predicted molar refractivity (Wildman–Crippen MR) is 69.7 cm³/mol. The van der Waals surface area contributed by atoms with Crippen LogP contribution in [0.1, 0.15) is 43.7 Å². The van der Waals surface area contributed by atoms with Gasteiger partial charge in [0.1, 0.15) is 11.6 Å². The summed E-state index contributed by atoms with van der Waals surface area (Å²) in [4.78, 5) is 0. The second kappa shape index (κ2) is 5.83. The van der Waals surface area contributed by atoms with Crippen molar-refractivity contribution in [2.24, 2.45) is 0 Å². The molecule has 0 radical (unpaired) electrons. The minimum atomic E-state index is -0.205. The van der Waals surface area contributed by atoms with Gasteiger partial charge < -0.3 is 9.73 Å². The Morgan fingerprint density at radius 2 is 1.94 bits per heavy atom. The summed E-state index contributed by atoms with van der Waals surface area (Å²) in [6, 6.07) is 10.8. The molecule has 3 heteroatoms. The molecule has 0 spiro atoms. The summed E-state index contributed by atoms with van der Waals surface area (Å²) in [7, 11) is 0. The Bertz CT molecular complexity index is 464. The zero-order chi connectivity index (χ0) is 13.0. The first kappa shape index (κ1) is 12.8. The van der Waals surface area contributed by atoms with E-state index in [4.69, 9.17) is 4.42 Å². The molecule has 1 N–H and O–H groups in total. The summed E-state index contributed by atoms with van der Waals surface area (Å²) in [6.45, 7) is 4.18. The predicted octanol–water partition coefficient (Wildman–Crippen LogP) is 4.22. The largest absolute Gasteiger partial charge is 0.468 e. The molecule has 2 atom stereocenters. The van der Waals surface area contributed by atoms with E-state index in [0.717, 1.165) is 17.7 Å². The number of hydrogen-bond acceptors (Lipinski definition) is 2. The molecule has 0 saturated heterocycles. The molecule has 1 unspecified atom stereocenters. The molecule has 0 aliphatic carbocycles. The van der Waals surface area contributed by atoms with Crippen molar-refractivity contribution in [3.05, 3.63) is 59.8 Å². The van der Waals surface area contributed by atoms with E-state index in [0.29, 0.717) is 0 Å². The standard InChI is InChI=1S/C15H18FNO/c1-3-14(15-5-4-10-18-15)17-11(2)12-6-8-13(16)9-7-12/h4-11,14,17H,3H2,1-2H3/t11-,14?/m1/s1. The highest BCUT2D eigenvalue weighted by Gasteiger charge is 2.15. The first-order valence-electron chi connectivity index (χ1n) is 6.25. The quantitative estimate of drug-likeness (QED) is 0.855. The minimum absolute atomic E-state index is 0.153. The maximum absolute atomic E-state index is 12.9. The van der Waals surface area contributed by atoms with Crippen molar-refractivity contribution < 1.29 is 8.81 Å². The van der Waals surface area contributed by atoms with E-state index in [9.17, 15) is 4.39 Å². The van der Waals surface area contributed by atoms with Crippen LogP contribution in [0.4, 0.5) is 4.39 Å². The fourth-order valence-electron chi connectivity index (χ4n) is 2.04. The van der Waals surface area contributed by atoms with Crippen molar-refractivity contribution in [2.45, 2.75) is 32.4 Å². The third-order valence-corrected chi connectivity index (χ3v) is 3.12. The third kappa shape index (κ3) is 2.99. The van der Waals surface area contributed by atoms with Gasteiger partial charge in [-0.1, -0.05) is 19.1 Å². The van der Waals surface area contributed by atoms with Gasteiger partial charge in [0.25, 0.3) is 0 Å². The molecule has 0 bridgehead atoms. The number of furan rings is 1. The third-order valence-electron chi connectivity index (χ3n) is 3.12. The molecule has 0 aliphatic rings. The molecular formula is C15H18FNO. The van der Waals surface area contributed by atoms with Gasteiger partial charge >= 0.3 is 0 Å². The summed E-state index contributed by atoms with van der Waals surface area (Å²) >= 11 is 0. The van der Waals surface area contributed by atoms with Crippen LogP contribution >= 0.6 is 0 Å². The Labute approximate surface area is 107 Å². The fourth-order valence-corrected chi connectivity index (χ4v) is 2.04. The monoisotopic (exact) mass is 247 g/mol. The molecule has 2 nitrogen and oxygen atoms in total. The van der Waals surface area contributed by atoms with Crippen molar-refractivity contribution in [2.75, 3.05) is 0 Å². The van der Waals surface area contributed by atoms with Crippen LogP contribution in [-0.2, 0) is 0 Å². The summed E-state index contributed by atoms with van der Waals surface area (Å²) in [5.41, 5.74) is 1.07. The molecule has 2 rings (SSSR count). The molecule has 2 aromatic rings. The molecule has 96 valence electrons. The lowest BCUT2D eigenvalue weighted by molar-refractivity contribution is 0.376. The van der Waals surface area contributed by atoms with Crippen molar-refractivity contribution in [1.82, 2.24) is 5.32 Å². The van der Waals surface area contributed by atoms with E-state index in [1.54, 1.807) is 6.26 Å². The molecule has 1 aromatic carbocycles. The van der Waals surface area contributed by atoms with E-state index >= 15 is 0 Å². The summed E-state index contributed by atoms with van der Waals surface area (Å²) < 4.78 is 18.3. The maximum atomic E-state index is 12.9. The highest BCUT2D eigenvalue weighted by molar-refractivity contribution is 5.20. The van der Waals surface area contributed by atoms with Crippen LogP contribution in [0.15, 0.2) is 47.1 Å². The van der Waals surface area contributed by atoms with Crippen LogP contribution in [0.25, 0.3) is 0 Å². The second-order valence-electron chi connectivity index (χ2n) is 4.42. The fraction of sp³-hybridized carbons (Fsp3) is 0.333. The molecule has 0 aliphatic heterocycles. The Kier molecular flexibility index (Phi) is 4.15. The molecular weight excluding hydrogens is 229 g/mol. The van der Waals surface area contributed by atoms with Gasteiger partial charge in [-0.15, -0.1) is 0 Å². The van der Waals surface area contributed by atoms with Crippen LogP contribution in [-0.4, -0.2) is 0 Å². The van der Waals surface area contributed by atoms with Gasteiger partial charge in [-0.05, 0) is 43.2 Å². The normalized spacial score (nSPS) is 14.4. The van der Waals surface area contributed by atoms with Gasteiger partial charge in [0.15, 0.2) is 0 Å². The Hall–Kier alpha value is -1.61. The number of halogens is 1. The number of nitrogens with one attached hydrogen (secondary N) is 1. The van der Waals surface area contributed by atoms with Gasteiger partial charge in [-0.2, -0.15) is 0 Å². The Balaban J connectivity index is 2.05. The van der Waals surface area contributed by atoms with Gasteiger partial charge in [0.05, 0.1) is 12.3 Å². The van der Waals surface area contributed by atoms with E-state index in [-0.39, 0.29) is 17.9 Å². The van der Waals surface area contributed by atoms with Gasteiger partial charge in [-0.3, -0.25) is 0 Å². The lowest BCUT2D eigenvalue weighted by Gasteiger charge is -2.21. The zero-order valence-corrected chi connectivity index (χ0v) is 10.7. The molecule has 0 fully saturated rings. The van der Waals surface area contributed by atoms with E-state index < -0.39 is 0 Å². The Morgan fingerprint density at radius 1 is 1.22 bits per heavy atom. The highest BCUT2D eigenvalue weighted by Crippen LogP contribution is 2.22. The Morgan fingerprint density at radius 3 is 2.50 bits per heavy atom. The van der Waals surface area contributed by atoms with Crippen molar-refractivity contribution >= 4 is 0 Å². The first-order chi connectivity index (χ1) is 8.70. The number of hydrogen-bond donors (Lipinski definition) is 1. The molecule has 18 heavy (non-hydrogen) atoms. The van der Waals surface area contributed by atoms with Gasteiger partial charge in [-0.25, -0.2) is 4.39 Å². The van der Waals surface area contributed by atoms with E-state index in [2.05, 4.69) is 19.2 Å². The van der Waals surface area contributed by atoms with Crippen LogP contribution in [0, 0.1) is 5.82 Å². The topological polar surface area (TPSA) is 25.2 Å². The molecule has 0 amide bonds. The first-order valence-corrected chi connectivity index (χ1v) is 6.25. The summed E-state index contributed by atoms with van der Waals surface area (Å²) in [6.07, 6.45) is 2.63. The average Bonchev–Trinajstić information content (AvgIpc) is 2.90. The van der Waals surface area contributed by atoms with Crippen molar-refractivity contribution in [3.8, 4) is 0 Å². The summed E-state index contributed by atoms with van der Waals surface area (Å²) in [5.74, 6) is 0.732. The van der Waals surface area contributed by atoms with Crippen LogP contribution in [0.3, 0.4) is 0 Å². The molecule has 0 saturated carbocycles. The van der Waals surface area contributed by atoms with Crippen molar-refractivity contribution in [3.63, 3.8) is 0 Å². The lowest BCUT2D eigenvalue weighted by Crippen LogP contribution is -2.23. The van der Waals surface area contributed by atoms with Gasteiger partial charge in [0, 0.05) is 6.04 Å². The smallest absolute Gasteiger partial charge is 0.123 e. The number of benzene rings is 1. The van der Waals surface area contributed by atoms with Crippen LogP contribution in [0.5, 0.6) is 0 Å². The minimum Gasteiger partial charge on any atom is -0.468 e. The van der Waals surface area contributed by atoms with Crippen molar-refractivity contribution in [1.29, 1.82) is 0 Å². The van der Waals surface area contributed by atoms with Crippen LogP contribution in [0.2, 0.25) is 0 Å². The number of rotatable bonds is 5. The lowest BCUT2D eigenvalue weighted by atomic mass is 10.1. The van der Waals surface area contributed by atoms with E-state index in [1.165, 1.54) is 12.1 Å². The summed E-state index contributed by atoms with van der Waals surface area (Å²) in [5, 5.41) is 3.49. The van der Waals surface area contributed by atoms with Gasteiger partial charge in [0.2, 0.25) is 0 Å². The second-order valence-corrected chi connectivity index (χ2v) is 4.42. The zero-order valence-electron chi connectivity index (χ0n) is 10.7. The van der Waals surface area contributed by atoms with Crippen LogP contribution < -0.4 is 5.32 Å². The maximum Gasteiger partial charge on any atom is 0.123 e. The molecule has 1 heterocycles. The molecule has 1 aromatic heterocycles. The van der Waals surface area contributed by atoms with E-state index in [1.807, 2.05) is 24.3 Å². The average molecular weight is 247 g/mol.